The lowest BCUT2D eigenvalue weighted by molar-refractivity contribution is 0.145. The van der Waals surface area contributed by atoms with Gasteiger partial charge in [-0.1, -0.05) is 23.2 Å². The molecule has 1 heterocycles. The number of halogens is 3. The van der Waals surface area contributed by atoms with E-state index in [1.165, 1.54) is 0 Å². The van der Waals surface area contributed by atoms with Gasteiger partial charge in [-0.05, 0) is 50.6 Å². The van der Waals surface area contributed by atoms with Gasteiger partial charge in [0.15, 0.2) is 0 Å². The van der Waals surface area contributed by atoms with Crippen molar-refractivity contribution in [3.05, 3.63) is 33.8 Å². The van der Waals surface area contributed by atoms with Gasteiger partial charge < -0.3 is 5.32 Å². The molecule has 88 valence electrons. The van der Waals surface area contributed by atoms with Gasteiger partial charge in [-0.25, -0.2) is 4.39 Å². The van der Waals surface area contributed by atoms with Gasteiger partial charge in [-0.2, -0.15) is 0 Å². The maximum atomic E-state index is 14.8. The molecule has 0 aliphatic carbocycles. The lowest BCUT2D eigenvalue weighted by Gasteiger charge is -2.25. The average Bonchev–Trinajstić information content (AvgIpc) is 2.48. The smallest absolute Gasteiger partial charge is 0.138 e. The summed E-state index contributed by atoms with van der Waals surface area (Å²) in [5.74, 6) is 0. The van der Waals surface area contributed by atoms with Crippen LogP contribution in [0.5, 0.6) is 0 Å². The van der Waals surface area contributed by atoms with Crippen molar-refractivity contribution in [3.8, 4) is 0 Å². The lowest BCUT2D eigenvalue weighted by Crippen LogP contribution is -2.22. The summed E-state index contributed by atoms with van der Waals surface area (Å²) in [6, 6.07) is 5.00. The van der Waals surface area contributed by atoms with Gasteiger partial charge in [0.2, 0.25) is 0 Å². The molecule has 1 nitrogen and oxygen atoms in total. The first-order valence-electron chi connectivity index (χ1n) is 5.47. The summed E-state index contributed by atoms with van der Waals surface area (Å²) < 4.78 is 14.8. The Labute approximate surface area is 105 Å². The van der Waals surface area contributed by atoms with Gasteiger partial charge in [0.05, 0.1) is 0 Å². The number of nitrogens with one attached hydrogen (secondary N) is 1. The van der Waals surface area contributed by atoms with E-state index in [0.29, 0.717) is 35.0 Å². The van der Waals surface area contributed by atoms with Crippen LogP contribution in [0.4, 0.5) is 4.39 Å². The minimum absolute atomic E-state index is 0.451. The fraction of sp³-hybridized carbons (Fsp3) is 0.500. The van der Waals surface area contributed by atoms with Crippen LogP contribution in [0, 0.1) is 0 Å². The largest absolute Gasteiger partial charge is 0.317 e. The van der Waals surface area contributed by atoms with Crippen molar-refractivity contribution < 1.29 is 4.39 Å². The quantitative estimate of drug-likeness (QED) is 0.808. The van der Waals surface area contributed by atoms with Crippen molar-refractivity contribution in [1.82, 2.24) is 5.32 Å². The molecule has 1 aliphatic rings. The first-order chi connectivity index (χ1) is 7.62. The number of hydrogen-bond donors (Lipinski definition) is 1. The van der Waals surface area contributed by atoms with E-state index in [2.05, 4.69) is 5.32 Å². The molecule has 1 aromatic carbocycles. The zero-order valence-corrected chi connectivity index (χ0v) is 10.4. The zero-order valence-electron chi connectivity index (χ0n) is 8.90. The second-order valence-electron chi connectivity index (χ2n) is 4.19. The van der Waals surface area contributed by atoms with Crippen molar-refractivity contribution in [2.45, 2.75) is 24.9 Å². The summed E-state index contributed by atoms with van der Waals surface area (Å²) in [6.45, 7) is 1.54. The van der Waals surface area contributed by atoms with Crippen LogP contribution in [0.25, 0.3) is 0 Å². The zero-order chi connectivity index (χ0) is 11.6. The molecule has 1 unspecified atom stereocenters. The first kappa shape index (κ1) is 12.2. The third-order valence-electron chi connectivity index (χ3n) is 3.04. The van der Waals surface area contributed by atoms with Crippen LogP contribution in [0.2, 0.25) is 10.0 Å². The highest BCUT2D eigenvalue weighted by atomic mass is 35.5. The van der Waals surface area contributed by atoms with Crippen molar-refractivity contribution in [2.24, 2.45) is 0 Å². The van der Waals surface area contributed by atoms with Crippen molar-refractivity contribution in [1.29, 1.82) is 0 Å². The standard InChI is InChI=1S/C12H14Cl2FN/c13-9-2-3-11(14)10(8-9)12(15)4-1-6-16-7-5-12/h2-3,8,16H,1,4-7H2. The van der Waals surface area contributed by atoms with Crippen LogP contribution in [0.15, 0.2) is 18.2 Å². The molecule has 0 spiro atoms. The second-order valence-corrected chi connectivity index (χ2v) is 5.04. The molecule has 0 radical (unpaired) electrons. The SMILES string of the molecule is FC1(c2cc(Cl)ccc2Cl)CCCNCC1. The molecule has 1 saturated heterocycles. The van der Waals surface area contributed by atoms with E-state index in [1.54, 1.807) is 18.2 Å². The molecular weight excluding hydrogens is 248 g/mol. The van der Waals surface area contributed by atoms with E-state index < -0.39 is 5.67 Å². The molecule has 1 fully saturated rings. The average molecular weight is 262 g/mol. The number of benzene rings is 1. The molecule has 0 bridgehead atoms. The Kier molecular flexibility index (Phi) is 3.73. The highest BCUT2D eigenvalue weighted by molar-refractivity contribution is 6.33. The summed E-state index contributed by atoms with van der Waals surface area (Å²) >= 11 is 12.0. The Morgan fingerprint density at radius 1 is 1.19 bits per heavy atom. The summed E-state index contributed by atoms with van der Waals surface area (Å²) in [7, 11) is 0. The molecule has 0 aromatic heterocycles. The highest BCUT2D eigenvalue weighted by Gasteiger charge is 2.34. The molecule has 4 heteroatoms. The predicted molar refractivity (Wildman–Crippen MR) is 66.0 cm³/mol. The van der Waals surface area contributed by atoms with Gasteiger partial charge in [0.25, 0.3) is 0 Å². The van der Waals surface area contributed by atoms with Crippen molar-refractivity contribution >= 4 is 23.2 Å². The van der Waals surface area contributed by atoms with E-state index in [4.69, 9.17) is 23.2 Å². The van der Waals surface area contributed by atoms with Gasteiger partial charge in [-0.3, -0.25) is 0 Å². The lowest BCUT2D eigenvalue weighted by atomic mass is 9.88. The molecule has 0 saturated carbocycles. The monoisotopic (exact) mass is 261 g/mol. The normalized spacial score (nSPS) is 26.4. The van der Waals surface area contributed by atoms with Crippen LogP contribution in [-0.4, -0.2) is 13.1 Å². The molecular formula is C12H14Cl2FN. The Balaban J connectivity index is 2.36. The minimum atomic E-state index is -1.34. The van der Waals surface area contributed by atoms with Crippen molar-refractivity contribution in [2.75, 3.05) is 13.1 Å². The number of hydrogen-bond acceptors (Lipinski definition) is 1. The summed E-state index contributed by atoms with van der Waals surface area (Å²) in [4.78, 5) is 0. The van der Waals surface area contributed by atoms with Crippen LogP contribution in [-0.2, 0) is 5.67 Å². The van der Waals surface area contributed by atoms with Gasteiger partial charge >= 0.3 is 0 Å². The maximum Gasteiger partial charge on any atom is 0.138 e. The van der Waals surface area contributed by atoms with E-state index in [-0.39, 0.29) is 0 Å². The summed E-state index contributed by atoms with van der Waals surface area (Å²) in [5, 5.41) is 4.19. The van der Waals surface area contributed by atoms with Crippen LogP contribution >= 0.6 is 23.2 Å². The van der Waals surface area contributed by atoms with Gasteiger partial charge in [0, 0.05) is 15.6 Å². The minimum Gasteiger partial charge on any atom is -0.317 e. The topological polar surface area (TPSA) is 12.0 Å². The number of alkyl halides is 1. The summed E-state index contributed by atoms with van der Waals surface area (Å²) in [6.07, 6.45) is 1.77. The third-order valence-corrected chi connectivity index (χ3v) is 3.60. The Hall–Kier alpha value is -0.310. The maximum absolute atomic E-state index is 14.8. The predicted octanol–water partition coefficient (Wildman–Crippen LogP) is 3.93. The second kappa shape index (κ2) is 4.91. The fourth-order valence-electron chi connectivity index (χ4n) is 2.14. The van der Waals surface area contributed by atoms with Crippen LogP contribution in [0.3, 0.4) is 0 Å². The summed E-state index contributed by atoms with van der Waals surface area (Å²) in [5.41, 5.74) is -0.809. The molecule has 1 atom stereocenters. The third kappa shape index (κ3) is 2.50. The van der Waals surface area contributed by atoms with E-state index in [1.807, 2.05) is 0 Å². The molecule has 16 heavy (non-hydrogen) atoms. The molecule has 2 rings (SSSR count). The Bertz CT molecular complexity index is 373. The van der Waals surface area contributed by atoms with E-state index in [0.717, 1.165) is 13.0 Å². The molecule has 0 amide bonds. The first-order valence-corrected chi connectivity index (χ1v) is 6.23. The molecule has 1 aliphatic heterocycles. The van der Waals surface area contributed by atoms with Gasteiger partial charge in [0.1, 0.15) is 5.67 Å². The Morgan fingerprint density at radius 2 is 2.00 bits per heavy atom. The Morgan fingerprint density at radius 3 is 2.81 bits per heavy atom. The molecule has 1 N–H and O–H groups in total. The van der Waals surface area contributed by atoms with Crippen molar-refractivity contribution in [3.63, 3.8) is 0 Å². The number of rotatable bonds is 1. The van der Waals surface area contributed by atoms with E-state index in [9.17, 15) is 4.39 Å². The molecule has 1 aromatic rings. The van der Waals surface area contributed by atoms with Gasteiger partial charge in [-0.15, -0.1) is 0 Å². The van der Waals surface area contributed by atoms with Crippen LogP contribution in [0.1, 0.15) is 24.8 Å². The van der Waals surface area contributed by atoms with Crippen LogP contribution < -0.4 is 5.32 Å². The van der Waals surface area contributed by atoms with E-state index >= 15 is 0 Å². The highest BCUT2D eigenvalue weighted by Crippen LogP contribution is 2.40. The fourth-order valence-corrected chi connectivity index (χ4v) is 2.60.